The highest BCUT2D eigenvalue weighted by Crippen LogP contribution is 2.49. The summed E-state index contributed by atoms with van der Waals surface area (Å²) < 4.78 is 0. The van der Waals surface area contributed by atoms with Crippen LogP contribution in [0.2, 0.25) is 0 Å². The van der Waals surface area contributed by atoms with Crippen molar-refractivity contribution in [1.29, 1.82) is 0 Å². The Morgan fingerprint density at radius 1 is 1.26 bits per heavy atom. The van der Waals surface area contributed by atoms with Crippen LogP contribution in [0, 0.1) is 0 Å². The molecule has 1 aromatic carbocycles. The van der Waals surface area contributed by atoms with E-state index < -0.39 is 0 Å². The Labute approximate surface area is 116 Å². The first kappa shape index (κ1) is 12.9. The smallest absolute Gasteiger partial charge is 0.0314 e. The summed E-state index contributed by atoms with van der Waals surface area (Å²) >= 11 is 0. The normalized spacial score (nSPS) is 25.9. The first-order chi connectivity index (χ1) is 9.09. The van der Waals surface area contributed by atoms with Gasteiger partial charge in [0.25, 0.3) is 0 Å². The summed E-state index contributed by atoms with van der Waals surface area (Å²) in [5.74, 6) is 0. The van der Waals surface area contributed by atoms with Crippen molar-refractivity contribution in [2.45, 2.75) is 30.7 Å². The molecule has 3 nitrogen and oxygen atoms in total. The van der Waals surface area contributed by atoms with Crippen LogP contribution in [0.3, 0.4) is 0 Å². The number of benzene rings is 1. The van der Waals surface area contributed by atoms with Gasteiger partial charge in [-0.2, -0.15) is 0 Å². The molecular weight excluding hydrogens is 234 g/mol. The minimum Gasteiger partial charge on any atom is -0.399 e. The number of rotatable bonds is 4. The highest BCUT2D eigenvalue weighted by molar-refractivity contribution is 5.43. The van der Waals surface area contributed by atoms with E-state index in [4.69, 9.17) is 5.73 Å². The SMILES string of the molecule is CN(C)C1CCN(CC2(c3ccc(N)cc3)CC2)C1. The molecule has 0 bridgehead atoms. The average Bonchev–Trinajstić information content (AvgIpc) is 3.00. The van der Waals surface area contributed by atoms with Gasteiger partial charge >= 0.3 is 0 Å². The lowest BCUT2D eigenvalue weighted by atomic mass is 9.95. The van der Waals surface area contributed by atoms with Crippen LogP contribution in [0.15, 0.2) is 24.3 Å². The van der Waals surface area contributed by atoms with Gasteiger partial charge in [0.2, 0.25) is 0 Å². The van der Waals surface area contributed by atoms with Crippen LogP contribution in [0.4, 0.5) is 5.69 Å². The van der Waals surface area contributed by atoms with E-state index in [1.165, 1.54) is 44.5 Å². The molecule has 1 heterocycles. The molecule has 1 aliphatic carbocycles. The zero-order chi connectivity index (χ0) is 13.5. The maximum atomic E-state index is 5.79. The number of likely N-dealkylation sites (tertiary alicyclic amines) is 1. The fraction of sp³-hybridized carbons (Fsp3) is 0.625. The summed E-state index contributed by atoms with van der Waals surface area (Å²) in [5.41, 5.74) is 8.57. The number of likely N-dealkylation sites (N-methyl/N-ethyl adjacent to an activating group) is 1. The van der Waals surface area contributed by atoms with Gasteiger partial charge in [-0.3, -0.25) is 0 Å². The monoisotopic (exact) mass is 259 g/mol. The van der Waals surface area contributed by atoms with Gasteiger partial charge in [-0.1, -0.05) is 12.1 Å². The first-order valence-electron chi connectivity index (χ1n) is 7.34. The van der Waals surface area contributed by atoms with Crippen LogP contribution in [0.5, 0.6) is 0 Å². The molecule has 0 spiro atoms. The Hall–Kier alpha value is -1.06. The molecule has 1 aliphatic heterocycles. The second-order valence-corrected chi connectivity index (χ2v) is 6.54. The predicted octanol–water partition coefficient (Wildman–Crippen LogP) is 1.94. The van der Waals surface area contributed by atoms with Gasteiger partial charge < -0.3 is 15.5 Å². The highest BCUT2D eigenvalue weighted by atomic mass is 15.2. The van der Waals surface area contributed by atoms with Gasteiger partial charge in [0.05, 0.1) is 0 Å². The maximum absolute atomic E-state index is 5.79. The number of nitrogen functional groups attached to an aromatic ring is 1. The van der Waals surface area contributed by atoms with Crippen molar-refractivity contribution < 1.29 is 0 Å². The molecule has 1 saturated carbocycles. The van der Waals surface area contributed by atoms with Gasteiger partial charge in [-0.25, -0.2) is 0 Å². The summed E-state index contributed by atoms with van der Waals surface area (Å²) in [6, 6.07) is 9.27. The van der Waals surface area contributed by atoms with Crippen molar-refractivity contribution in [1.82, 2.24) is 9.80 Å². The van der Waals surface area contributed by atoms with E-state index in [-0.39, 0.29) is 0 Å². The molecule has 0 aromatic heterocycles. The molecule has 3 heteroatoms. The number of hydrogen-bond donors (Lipinski definition) is 1. The van der Waals surface area contributed by atoms with Crippen LogP contribution in [-0.4, -0.2) is 49.6 Å². The van der Waals surface area contributed by atoms with Gasteiger partial charge in [0.1, 0.15) is 0 Å². The zero-order valence-electron chi connectivity index (χ0n) is 12.1. The molecule has 104 valence electrons. The van der Waals surface area contributed by atoms with E-state index in [9.17, 15) is 0 Å². The van der Waals surface area contributed by atoms with Crippen LogP contribution >= 0.6 is 0 Å². The fourth-order valence-electron chi connectivity index (χ4n) is 3.33. The summed E-state index contributed by atoms with van der Waals surface area (Å²) in [4.78, 5) is 5.01. The number of hydrogen-bond acceptors (Lipinski definition) is 3. The predicted molar refractivity (Wildman–Crippen MR) is 80.3 cm³/mol. The van der Waals surface area contributed by atoms with Crippen molar-refractivity contribution in [2.75, 3.05) is 39.5 Å². The molecule has 2 aliphatic rings. The molecule has 1 atom stereocenters. The second-order valence-electron chi connectivity index (χ2n) is 6.54. The first-order valence-corrected chi connectivity index (χ1v) is 7.34. The van der Waals surface area contributed by atoms with E-state index >= 15 is 0 Å². The molecule has 19 heavy (non-hydrogen) atoms. The van der Waals surface area contributed by atoms with Gasteiger partial charge in [0, 0.05) is 30.2 Å². The Morgan fingerprint density at radius 2 is 1.95 bits per heavy atom. The lowest BCUT2D eigenvalue weighted by Gasteiger charge is -2.25. The van der Waals surface area contributed by atoms with E-state index in [2.05, 4.69) is 36.0 Å². The summed E-state index contributed by atoms with van der Waals surface area (Å²) in [5, 5.41) is 0. The largest absolute Gasteiger partial charge is 0.399 e. The van der Waals surface area contributed by atoms with E-state index in [1.807, 2.05) is 12.1 Å². The summed E-state index contributed by atoms with van der Waals surface area (Å²) in [7, 11) is 4.39. The Morgan fingerprint density at radius 3 is 2.47 bits per heavy atom. The molecule has 1 saturated heterocycles. The molecule has 1 aromatic rings. The minimum atomic E-state index is 0.425. The maximum Gasteiger partial charge on any atom is 0.0314 e. The Bertz CT molecular complexity index is 434. The molecule has 1 unspecified atom stereocenters. The molecule has 3 rings (SSSR count). The number of nitrogens with zero attached hydrogens (tertiary/aromatic N) is 2. The summed E-state index contributed by atoms with van der Waals surface area (Å²) in [6.45, 7) is 3.70. The van der Waals surface area contributed by atoms with Crippen LogP contribution < -0.4 is 5.73 Å². The summed E-state index contributed by atoms with van der Waals surface area (Å²) in [6.07, 6.45) is 3.98. The van der Waals surface area contributed by atoms with Gasteiger partial charge in [-0.15, -0.1) is 0 Å². The zero-order valence-corrected chi connectivity index (χ0v) is 12.1. The average molecular weight is 259 g/mol. The number of nitrogens with two attached hydrogens (primary N) is 1. The van der Waals surface area contributed by atoms with Crippen LogP contribution in [0.1, 0.15) is 24.8 Å². The van der Waals surface area contributed by atoms with Crippen molar-refractivity contribution >= 4 is 5.69 Å². The lowest BCUT2D eigenvalue weighted by Crippen LogP contribution is -2.35. The van der Waals surface area contributed by atoms with E-state index in [1.54, 1.807) is 0 Å². The molecule has 2 fully saturated rings. The highest BCUT2D eigenvalue weighted by Gasteiger charge is 2.46. The van der Waals surface area contributed by atoms with Crippen molar-refractivity contribution in [3.8, 4) is 0 Å². The number of anilines is 1. The third kappa shape index (κ3) is 2.63. The second kappa shape index (κ2) is 4.80. The van der Waals surface area contributed by atoms with E-state index in [0.29, 0.717) is 5.41 Å². The molecule has 2 N–H and O–H groups in total. The van der Waals surface area contributed by atoms with Crippen molar-refractivity contribution in [2.24, 2.45) is 0 Å². The van der Waals surface area contributed by atoms with E-state index in [0.717, 1.165) is 11.7 Å². The van der Waals surface area contributed by atoms with Crippen molar-refractivity contribution in [3.63, 3.8) is 0 Å². The topological polar surface area (TPSA) is 32.5 Å². The quantitative estimate of drug-likeness (QED) is 0.839. The Kier molecular flexibility index (Phi) is 3.27. The van der Waals surface area contributed by atoms with Crippen molar-refractivity contribution in [3.05, 3.63) is 29.8 Å². The van der Waals surface area contributed by atoms with Crippen LogP contribution in [0.25, 0.3) is 0 Å². The lowest BCUT2D eigenvalue weighted by molar-refractivity contribution is 0.255. The third-order valence-corrected chi connectivity index (χ3v) is 4.88. The minimum absolute atomic E-state index is 0.425. The fourth-order valence-corrected chi connectivity index (χ4v) is 3.33. The standard InChI is InChI=1S/C16H25N3/c1-18(2)15-7-10-19(11-15)12-16(8-9-16)13-3-5-14(17)6-4-13/h3-6,15H,7-12,17H2,1-2H3. The van der Waals surface area contributed by atoms with Gasteiger partial charge in [-0.05, 0) is 57.6 Å². The Balaban J connectivity index is 1.65. The van der Waals surface area contributed by atoms with Gasteiger partial charge in [0.15, 0.2) is 0 Å². The molecule has 0 radical (unpaired) electrons. The third-order valence-electron chi connectivity index (χ3n) is 4.88. The molecular formula is C16H25N3. The van der Waals surface area contributed by atoms with Crippen LogP contribution in [-0.2, 0) is 5.41 Å². The molecule has 0 amide bonds.